The summed E-state index contributed by atoms with van der Waals surface area (Å²) in [4.78, 5) is 3.45. The number of hydrogen-bond donors (Lipinski definition) is 1. The van der Waals surface area contributed by atoms with Gasteiger partial charge in [0.15, 0.2) is 23.2 Å². The predicted octanol–water partition coefficient (Wildman–Crippen LogP) is 2.43. The van der Waals surface area contributed by atoms with Crippen LogP contribution in [0.25, 0.3) is 11.4 Å². The molecular weight excluding hydrogens is 254 g/mol. The maximum absolute atomic E-state index is 13.6. The third kappa shape index (κ3) is 1.79. The van der Waals surface area contributed by atoms with E-state index in [1.54, 1.807) is 0 Å². The van der Waals surface area contributed by atoms with Crippen molar-refractivity contribution in [1.82, 2.24) is 15.2 Å². The van der Waals surface area contributed by atoms with Crippen LogP contribution in [0.3, 0.4) is 0 Å². The van der Waals surface area contributed by atoms with Crippen LogP contribution in [0.4, 0.5) is 17.6 Å². The van der Waals surface area contributed by atoms with Gasteiger partial charge in [-0.2, -0.15) is 13.9 Å². The Morgan fingerprint density at radius 3 is 2.17 bits per heavy atom. The summed E-state index contributed by atoms with van der Waals surface area (Å²) in [5.41, 5.74) is -0.953. The van der Waals surface area contributed by atoms with Crippen LogP contribution in [0.5, 0.6) is 5.75 Å². The molecule has 96 valence electrons. The number of halogens is 4. The molecule has 1 N–H and O–H groups in total. The van der Waals surface area contributed by atoms with Crippen molar-refractivity contribution < 1.29 is 22.3 Å². The zero-order valence-electron chi connectivity index (χ0n) is 9.10. The van der Waals surface area contributed by atoms with E-state index in [1.165, 1.54) is 6.92 Å². The summed E-state index contributed by atoms with van der Waals surface area (Å²) in [7, 11) is 0. The first kappa shape index (κ1) is 12.3. The van der Waals surface area contributed by atoms with E-state index in [9.17, 15) is 17.6 Å². The summed E-state index contributed by atoms with van der Waals surface area (Å²) in [6.45, 7) is 1.30. The molecule has 18 heavy (non-hydrogen) atoms. The van der Waals surface area contributed by atoms with Crippen LogP contribution in [-0.4, -0.2) is 21.8 Å². The molecular formula is C10H7F4N3O. The monoisotopic (exact) mass is 261 g/mol. The Labute approximate surface area is 98.6 Å². The Bertz CT molecular complexity index is 542. The van der Waals surface area contributed by atoms with Gasteiger partial charge in [-0.1, -0.05) is 0 Å². The van der Waals surface area contributed by atoms with Gasteiger partial charge in [0, 0.05) is 0 Å². The molecule has 4 nitrogen and oxygen atoms in total. The number of hydrogen-bond acceptors (Lipinski definition) is 3. The molecule has 0 aliphatic carbocycles. The molecule has 0 bridgehead atoms. The minimum Gasteiger partial charge on any atom is -0.488 e. The fourth-order valence-corrected chi connectivity index (χ4v) is 1.42. The predicted molar refractivity (Wildman–Crippen MR) is 52.8 cm³/mol. The second-order valence-electron chi connectivity index (χ2n) is 3.23. The van der Waals surface area contributed by atoms with Gasteiger partial charge in [0.2, 0.25) is 11.6 Å². The minimum absolute atomic E-state index is 0.131. The molecule has 1 aromatic heterocycles. The second kappa shape index (κ2) is 4.63. The van der Waals surface area contributed by atoms with Crippen molar-refractivity contribution in [2.45, 2.75) is 6.92 Å². The molecule has 0 saturated heterocycles. The Kier molecular flexibility index (Phi) is 3.17. The van der Waals surface area contributed by atoms with E-state index in [0.717, 1.165) is 6.33 Å². The van der Waals surface area contributed by atoms with Crippen molar-refractivity contribution in [2.75, 3.05) is 6.61 Å². The summed E-state index contributed by atoms with van der Waals surface area (Å²) < 4.78 is 58.8. The van der Waals surface area contributed by atoms with Gasteiger partial charge in [0.05, 0.1) is 12.2 Å². The molecule has 0 fully saturated rings. The largest absolute Gasteiger partial charge is 0.488 e. The quantitative estimate of drug-likeness (QED) is 0.682. The molecule has 1 heterocycles. The van der Waals surface area contributed by atoms with Crippen molar-refractivity contribution in [2.24, 2.45) is 0 Å². The molecule has 0 aliphatic heterocycles. The number of ether oxygens (including phenoxy) is 1. The SMILES string of the molecule is CCOc1c(F)c(F)c(-c2ncn[nH]2)c(F)c1F. The average molecular weight is 261 g/mol. The van der Waals surface area contributed by atoms with Gasteiger partial charge in [0.1, 0.15) is 6.33 Å². The highest BCUT2D eigenvalue weighted by molar-refractivity contribution is 5.59. The van der Waals surface area contributed by atoms with Gasteiger partial charge in [-0.15, -0.1) is 0 Å². The molecule has 2 rings (SSSR count). The number of H-pyrrole nitrogens is 1. The second-order valence-corrected chi connectivity index (χ2v) is 3.23. The lowest BCUT2D eigenvalue weighted by Crippen LogP contribution is -2.06. The number of benzene rings is 1. The molecule has 0 radical (unpaired) electrons. The molecule has 0 aliphatic rings. The van der Waals surface area contributed by atoms with Gasteiger partial charge < -0.3 is 4.74 Å². The van der Waals surface area contributed by atoms with Gasteiger partial charge in [-0.05, 0) is 6.92 Å². The molecule has 1 aromatic carbocycles. The van der Waals surface area contributed by atoms with E-state index in [4.69, 9.17) is 0 Å². The van der Waals surface area contributed by atoms with E-state index >= 15 is 0 Å². The van der Waals surface area contributed by atoms with Crippen molar-refractivity contribution in [3.8, 4) is 17.1 Å². The topological polar surface area (TPSA) is 50.8 Å². The zero-order chi connectivity index (χ0) is 13.3. The first-order chi connectivity index (χ1) is 8.57. The third-order valence-corrected chi connectivity index (χ3v) is 2.16. The fraction of sp³-hybridized carbons (Fsp3) is 0.200. The van der Waals surface area contributed by atoms with Crippen LogP contribution >= 0.6 is 0 Å². The van der Waals surface area contributed by atoms with Gasteiger partial charge in [0.25, 0.3) is 0 Å². The first-order valence-corrected chi connectivity index (χ1v) is 4.92. The summed E-state index contributed by atoms with van der Waals surface area (Å²) in [5, 5.41) is 5.48. The average Bonchev–Trinajstić information content (AvgIpc) is 2.86. The normalized spacial score (nSPS) is 10.7. The maximum Gasteiger partial charge on any atom is 0.204 e. The lowest BCUT2D eigenvalue weighted by atomic mass is 10.1. The third-order valence-electron chi connectivity index (χ3n) is 2.16. The number of nitrogens with one attached hydrogen (secondary N) is 1. The Hall–Kier alpha value is -2.12. The molecule has 2 aromatic rings. The summed E-state index contributed by atoms with van der Waals surface area (Å²) >= 11 is 0. The number of rotatable bonds is 3. The van der Waals surface area contributed by atoms with E-state index in [0.29, 0.717) is 0 Å². The Balaban J connectivity index is 2.70. The summed E-state index contributed by atoms with van der Waals surface area (Å²) in [6, 6.07) is 0. The van der Waals surface area contributed by atoms with Gasteiger partial charge in [-0.3, -0.25) is 5.10 Å². The highest BCUT2D eigenvalue weighted by Crippen LogP contribution is 2.34. The Morgan fingerprint density at radius 1 is 1.11 bits per heavy atom. The van der Waals surface area contributed by atoms with Crippen molar-refractivity contribution in [1.29, 1.82) is 0 Å². The maximum atomic E-state index is 13.6. The number of nitrogens with zero attached hydrogens (tertiary/aromatic N) is 2. The standard InChI is InChI=1S/C10H7F4N3O/c1-2-18-9-7(13)5(11)4(6(12)8(9)14)10-15-3-16-17-10/h3H,2H2,1H3,(H,15,16,17). The van der Waals surface area contributed by atoms with Crippen molar-refractivity contribution in [3.63, 3.8) is 0 Å². The molecule has 0 amide bonds. The van der Waals surface area contributed by atoms with E-state index in [-0.39, 0.29) is 6.61 Å². The van der Waals surface area contributed by atoms with E-state index in [1.807, 2.05) is 0 Å². The minimum atomic E-state index is -1.61. The Morgan fingerprint density at radius 2 is 1.72 bits per heavy atom. The van der Waals surface area contributed by atoms with Crippen LogP contribution in [0.2, 0.25) is 0 Å². The highest BCUT2D eigenvalue weighted by Gasteiger charge is 2.28. The van der Waals surface area contributed by atoms with Crippen LogP contribution < -0.4 is 4.74 Å². The smallest absolute Gasteiger partial charge is 0.204 e. The highest BCUT2D eigenvalue weighted by atomic mass is 19.2. The van der Waals surface area contributed by atoms with Crippen LogP contribution in [0.15, 0.2) is 6.33 Å². The van der Waals surface area contributed by atoms with Gasteiger partial charge in [-0.25, -0.2) is 13.8 Å². The van der Waals surface area contributed by atoms with Crippen LogP contribution in [0, 0.1) is 23.3 Å². The number of aromatic nitrogens is 3. The lowest BCUT2D eigenvalue weighted by molar-refractivity contribution is 0.287. The molecule has 0 atom stereocenters. The zero-order valence-corrected chi connectivity index (χ0v) is 9.10. The summed E-state index contributed by atoms with van der Waals surface area (Å²) in [5.74, 6) is -7.89. The first-order valence-electron chi connectivity index (χ1n) is 4.92. The van der Waals surface area contributed by atoms with Crippen LogP contribution in [0.1, 0.15) is 6.92 Å². The summed E-state index contributed by atoms with van der Waals surface area (Å²) in [6.07, 6.45) is 0.959. The van der Waals surface area contributed by atoms with Crippen molar-refractivity contribution in [3.05, 3.63) is 29.6 Å². The molecule has 0 unspecified atom stereocenters. The molecule has 0 spiro atoms. The molecule has 0 saturated carbocycles. The number of aromatic amines is 1. The van der Waals surface area contributed by atoms with E-state index in [2.05, 4.69) is 19.9 Å². The van der Waals surface area contributed by atoms with E-state index < -0.39 is 40.4 Å². The van der Waals surface area contributed by atoms with Crippen molar-refractivity contribution >= 4 is 0 Å². The fourth-order valence-electron chi connectivity index (χ4n) is 1.42. The van der Waals surface area contributed by atoms with Gasteiger partial charge >= 0.3 is 0 Å². The molecule has 8 heteroatoms. The van der Waals surface area contributed by atoms with Crippen LogP contribution in [-0.2, 0) is 0 Å². The lowest BCUT2D eigenvalue weighted by Gasteiger charge is -2.10.